The number of H-pyrrole nitrogens is 1. The number of methoxy groups -OCH3 is 1. The maximum absolute atomic E-state index is 13.0. The molecule has 2 aromatic rings. The first kappa shape index (κ1) is 18.0. The Morgan fingerprint density at radius 1 is 1.36 bits per heavy atom. The van der Waals surface area contributed by atoms with Crippen molar-refractivity contribution >= 4 is 17.5 Å². The van der Waals surface area contributed by atoms with Crippen LogP contribution in [0.5, 0.6) is 5.88 Å². The third kappa shape index (κ3) is 5.34. The van der Waals surface area contributed by atoms with Gasteiger partial charge in [0.1, 0.15) is 11.6 Å². The molecule has 0 aromatic carbocycles. The molecule has 0 fully saturated rings. The molecule has 0 saturated heterocycles. The Kier molecular flexibility index (Phi) is 6.10. The van der Waals surface area contributed by atoms with Gasteiger partial charge in [-0.15, -0.1) is 0 Å². The summed E-state index contributed by atoms with van der Waals surface area (Å²) in [6, 6.07) is 1.41. The molecule has 1 atom stereocenters. The third-order valence-corrected chi connectivity index (χ3v) is 3.16. The van der Waals surface area contributed by atoms with Crippen molar-refractivity contribution in [3.05, 3.63) is 54.8 Å². The molecule has 2 heterocycles. The van der Waals surface area contributed by atoms with Crippen molar-refractivity contribution in [3.8, 4) is 5.88 Å². The highest BCUT2D eigenvalue weighted by Gasteiger charge is 2.08. The molecule has 2 aromatic heterocycles. The molecule has 25 heavy (non-hydrogen) atoms. The smallest absolute Gasteiger partial charge is 0.210 e. The highest BCUT2D eigenvalue weighted by Crippen LogP contribution is 2.17. The molecule has 9 heteroatoms. The first-order valence-electron chi connectivity index (χ1n) is 7.42. The highest BCUT2D eigenvalue weighted by molar-refractivity contribution is 5.54. The van der Waals surface area contributed by atoms with Crippen LogP contribution in [0, 0.1) is 0 Å². The van der Waals surface area contributed by atoms with Crippen molar-refractivity contribution in [2.45, 2.75) is 13.0 Å². The lowest BCUT2D eigenvalue weighted by Gasteiger charge is -2.15. The van der Waals surface area contributed by atoms with Gasteiger partial charge in [-0.05, 0) is 25.2 Å². The van der Waals surface area contributed by atoms with Crippen molar-refractivity contribution in [3.63, 3.8) is 0 Å². The van der Waals surface area contributed by atoms with Crippen molar-refractivity contribution in [1.82, 2.24) is 20.2 Å². The number of hydrogen-bond acceptors (Lipinski definition) is 7. The van der Waals surface area contributed by atoms with Crippen LogP contribution in [0.25, 0.3) is 0 Å². The number of nitrogens with two attached hydrogens (primary N) is 1. The van der Waals surface area contributed by atoms with E-state index < -0.39 is 5.83 Å². The van der Waals surface area contributed by atoms with E-state index in [9.17, 15) is 4.39 Å². The molecule has 0 radical (unpaired) electrons. The number of aromatic nitrogens is 4. The van der Waals surface area contributed by atoms with Crippen molar-refractivity contribution in [2.75, 3.05) is 17.7 Å². The SMILES string of the molecule is C=C/C(F)=C\C=C(/N)[C@H](C)Nc1cncc(Nc2cc(OC)[nH]n2)n1. The molecule has 0 unspecified atom stereocenters. The molecule has 0 aliphatic heterocycles. The van der Waals surface area contributed by atoms with Crippen LogP contribution in [0.3, 0.4) is 0 Å². The maximum atomic E-state index is 13.0. The molecule has 0 amide bonds. The van der Waals surface area contributed by atoms with Crippen molar-refractivity contribution in [2.24, 2.45) is 5.73 Å². The molecule has 2 rings (SSSR count). The van der Waals surface area contributed by atoms with Gasteiger partial charge in [-0.1, -0.05) is 6.58 Å². The predicted molar refractivity (Wildman–Crippen MR) is 95.2 cm³/mol. The van der Waals surface area contributed by atoms with Gasteiger partial charge in [-0.3, -0.25) is 4.98 Å². The van der Waals surface area contributed by atoms with Crippen LogP contribution in [-0.2, 0) is 0 Å². The average Bonchev–Trinajstić information content (AvgIpc) is 3.07. The summed E-state index contributed by atoms with van der Waals surface area (Å²) in [4.78, 5) is 8.47. The van der Waals surface area contributed by atoms with E-state index in [1.54, 1.807) is 18.5 Å². The lowest BCUT2D eigenvalue weighted by molar-refractivity contribution is 0.397. The summed E-state index contributed by atoms with van der Waals surface area (Å²) in [6.07, 6.45) is 6.93. The number of nitrogens with one attached hydrogen (secondary N) is 3. The van der Waals surface area contributed by atoms with Gasteiger partial charge < -0.3 is 21.1 Å². The zero-order valence-corrected chi connectivity index (χ0v) is 14.0. The Bertz CT molecular complexity index is 784. The van der Waals surface area contributed by atoms with Gasteiger partial charge in [-0.25, -0.2) is 14.5 Å². The quantitative estimate of drug-likeness (QED) is 0.544. The summed E-state index contributed by atoms with van der Waals surface area (Å²) in [5, 5.41) is 12.8. The number of aromatic amines is 1. The number of anilines is 3. The summed E-state index contributed by atoms with van der Waals surface area (Å²) in [6.45, 7) is 5.16. The Morgan fingerprint density at radius 2 is 2.12 bits per heavy atom. The van der Waals surface area contributed by atoms with Gasteiger partial charge in [-0.2, -0.15) is 5.10 Å². The third-order valence-electron chi connectivity index (χ3n) is 3.16. The van der Waals surface area contributed by atoms with Crippen molar-refractivity contribution < 1.29 is 9.13 Å². The minimum Gasteiger partial charge on any atom is -0.481 e. The fourth-order valence-corrected chi connectivity index (χ4v) is 1.79. The highest BCUT2D eigenvalue weighted by atomic mass is 19.1. The van der Waals surface area contributed by atoms with E-state index in [2.05, 4.69) is 37.4 Å². The second-order valence-corrected chi connectivity index (χ2v) is 5.02. The van der Waals surface area contributed by atoms with Gasteiger partial charge in [0, 0.05) is 11.8 Å². The Labute approximate surface area is 144 Å². The maximum Gasteiger partial charge on any atom is 0.210 e. The van der Waals surface area contributed by atoms with Gasteiger partial charge >= 0.3 is 0 Å². The fourth-order valence-electron chi connectivity index (χ4n) is 1.79. The second-order valence-electron chi connectivity index (χ2n) is 5.02. The topological polar surface area (TPSA) is 114 Å². The molecule has 0 bridgehead atoms. The second kappa shape index (κ2) is 8.48. The van der Waals surface area contributed by atoms with Crippen molar-refractivity contribution in [1.29, 1.82) is 0 Å². The van der Waals surface area contributed by atoms with E-state index in [0.717, 1.165) is 6.08 Å². The van der Waals surface area contributed by atoms with Crippen LogP contribution in [0.15, 0.2) is 54.8 Å². The number of nitrogens with zero attached hydrogens (tertiary/aromatic N) is 3. The minimum absolute atomic E-state index is 0.274. The zero-order chi connectivity index (χ0) is 18.2. The normalized spacial score (nSPS) is 13.2. The van der Waals surface area contributed by atoms with Crippen LogP contribution >= 0.6 is 0 Å². The first-order chi connectivity index (χ1) is 12.0. The monoisotopic (exact) mass is 345 g/mol. The molecule has 0 aliphatic rings. The summed E-state index contributed by atoms with van der Waals surface area (Å²) < 4.78 is 18.1. The Hall–Kier alpha value is -3.36. The van der Waals surface area contributed by atoms with Crippen LogP contribution in [0.2, 0.25) is 0 Å². The molecule has 0 spiro atoms. The molecular weight excluding hydrogens is 325 g/mol. The van der Waals surface area contributed by atoms with Gasteiger partial charge in [0.2, 0.25) is 5.88 Å². The van der Waals surface area contributed by atoms with Crippen LogP contribution in [-0.4, -0.2) is 33.3 Å². The Balaban J connectivity index is 2.04. The molecular formula is C16H20FN7O. The Morgan fingerprint density at radius 3 is 2.80 bits per heavy atom. The van der Waals surface area contributed by atoms with E-state index in [1.165, 1.54) is 19.3 Å². The summed E-state index contributed by atoms with van der Waals surface area (Å²) in [5.74, 6) is 1.60. The average molecular weight is 345 g/mol. The van der Waals surface area contributed by atoms with Gasteiger partial charge in [0.05, 0.1) is 25.5 Å². The largest absolute Gasteiger partial charge is 0.481 e. The van der Waals surface area contributed by atoms with Crippen LogP contribution < -0.4 is 21.1 Å². The van der Waals surface area contributed by atoms with E-state index in [1.807, 2.05) is 6.92 Å². The number of rotatable bonds is 8. The van der Waals surface area contributed by atoms with E-state index >= 15 is 0 Å². The van der Waals surface area contributed by atoms with E-state index in [4.69, 9.17) is 10.5 Å². The summed E-state index contributed by atoms with van der Waals surface area (Å²) in [7, 11) is 1.54. The number of halogens is 1. The van der Waals surface area contributed by atoms with E-state index in [0.29, 0.717) is 29.0 Å². The summed E-state index contributed by atoms with van der Waals surface area (Å²) >= 11 is 0. The van der Waals surface area contributed by atoms with Gasteiger partial charge in [0.15, 0.2) is 11.6 Å². The molecule has 8 nitrogen and oxygen atoms in total. The molecule has 0 saturated carbocycles. The predicted octanol–water partition coefficient (Wildman–Crippen LogP) is 2.63. The minimum atomic E-state index is -0.462. The lowest BCUT2D eigenvalue weighted by atomic mass is 10.2. The van der Waals surface area contributed by atoms with Crippen LogP contribution in [0.4, 0.5) is 21.8 Å². The molecule has 0 aliphatic carbocycles. The molecule has 5 N–H and O–H groups in total. The standard InChI is InChI=1S/C16H20FN7O/c1-4-11(17)5-6-12(18)10(2)20-14-8-19-9-15(22-14)21-13-7-16(25-3)24-23-13/h4-10H,1,18H2,2-3H3,(H3,20,21,22,23,24)/b11-5+,12-6-/t10-/m0/s1. The zero-order valence-electron chi connectivity index (χ0n) is 14.0. The number of ether oxygens (including phenoxy) is 1. The number of allylic oxidation sites excluding steroid dienone is 4. The van der Waals surface area contributed by atoms with Gasteiger partial charge in [0.25, 0.3) is 0 Å². The number of hydrogen-bond donors (Lipinski definition) is 4. The fraction of sp³-hybridized carbons (Fsp3) is 0.188. The summed E-state index contributed by atoms with van der Waals surface area (Å²) in [5.41, 5.74) is 6.35. The first-order valence-corrected chi connectivity index (χ1v) is 7.42. The lowest BCUT2D eigenvalue weighted by Crippen LogP contribution is -2.23. The van der Waals surface area contributed by atoms with Crippen LogP contribution in [0.1, 0.15) is 6.92 Å². The van der Waals surface area contributed by atoms with E-state index in [-0.39, 0.29) is 6.04 Å². The molecule has 132 valence electrons.